The smallest absolute Gasteiger partial charge is 0.248 e. The zero-order valence-electron chi connectivity index (χ0n) is 10.9. The van der Waals surface area contributed by atoms with Crippen LogP contribution in [0, 0.1) is 0 Å². The molecule has 6 nitrogen and oxygen atoms in total. The normalized spacial score (nSPS) is 14.3. The number of aliphatic hydroxyl groups is 1. The molecule has 19 heavy (non-hydrogen) atoms. The lowest BCUT2D eigenvalue weighted by molar-refractivity contribution is 0.111. The van der Waals surface area contributed by atoms with Crippen molar-refractivity contribution in [2.45, 2.75) is 38.3 Å². The third kappa shape index (κ3) is 3.36. The van der Waals surface area contributed by atoms with Crippen LogP contribution in [0.1, 0.15) is 38.2 Å². The van der Waals surface area contributed by atoms with E-state index in [9.17, 15) is 5.11 Å². The molecule has 0 aliphatic rings. The molecule has 0 fully saturated rings. The van der Waals surface area contributed by atoms with Gasteiger partial charge in [-0.3, -0.25) is 4.98 Å². The number of nitrogens with zero attached hydrogens (tertiary/aromatic N) is 3. The summed E-state index contributed by atoms with van der Waals surface area (Å²) < 4.78 is 5.45. The van der Waals surface area contributed by atoms with E-state index < -0.39 is 6.10 Å². The molecule has 2 heterocycles. The summed E-state index contributed by atoms with van der Waals surface area (Å²) in [6.45, 7) is 2.08. The van der Waals surface area contributed by atoms with Gasteiger partial charge in [-0.1, -0.05) is 19.8 Å². The first-order valence-electron chi connectivity index (χ1n) is 6.39. The van der Waals surface area contributed by atoms with Gasteiger partial charge in [0.1, 0.15) is 6.10 Å². The minimum absolute atomic E-state index is 0.162. The largest absolute Gasteiger partial charge is 0.418 e. The van der Waals surface area contributed by atoms with Gasteiger partial charge in [-0.15, -0.1) is 10.2 Å². The van der Waals surface area contributed by atoms with Crippen LogP contribution in [0.4, 0.5) is 0 Å². The fraction of sp³-hybridized carbons (Fsp3) is 0.462. The molecule has 0 aliphatic heterocycles. The molecule has 2 rings (SSSR count). The van der Waals surface area contributed by atoms with Crippen molar-refractivity contribution >= 4 is 0 Å². The number of unbranched alkanes of at least 4 members (excludes halogenated alkanes) is 1. The van der Waals surface area contributed by atoms with Crippen molar-refractivity contribution in [1.29, 1.82) is 0 Å². The van der Waals surface area contributed by atoms with Crippen molar-refractivity contribution in [3.05, 3.63) is 30.4 Å². The van der Waals surface area contributed by atoms with E-state index in [0.717, 1.165) is 24.8 Å². The Bertz CT molecular complexity index is 500. The summed E-state index contributed by atoms with van der Waals surface area (Å²) in [5.74, 6) is 0.523. The summed E-state index contributed by atoms with van der Waals surface area (Å²) in [5, 5.41) is 17.8. The molecule has 2 aromatic rings. The molecule has 0 aliphatic carbocycles. The third-order valence-electron chi connectivity index (χ3n) is 2.92. The summed E-state index contributed by atoms with van der Waals surface area (Å²) in [6.07, 6.45) is 5.08. The van der Waals surface area contributed by atoms with Crippen LogP contribution < -0.4 is 5.73 Å². The number of rotatable bonds is 6. The van der Waals surface area contributed by atoms with Crippen molar-refractivity contribution in [2.24, 2.45) is 5.73 Å². The van der Waals surface area contributed by atoms with E-state index in [4.69, 9.17) is 10.2 Å². The maximum Gasteiger partial charge on any atom is 0.248 e. The number of pyridine rings is 1. The summed E-state index contributed by atoms with van der Waals surface area (Å²) in [5.41, 5.74) is 6.66. The van der Waals surface area contributed by atoms with E-state index in [-0.39, 0.29) is 11.9 Å². The lowest BCUT2D eigenvalue weighted by Crippen LogP contribution is -2.28. The highest BCUT2D eigenvalue weighted by Gasteiger charge is 2.22. The Hall–Kier alpha value is -1.79. The Morgan fingerprint density at radius 1 is 1.32 bits per heavy atom. The lowest BCUT2D eigenvalue weighted by Gasteiger charge is -2.14. The third-order valence-corrected chi connectivity index (χ3v) is 2.92. The summed E-state index contributed by atoms with van der Waals surface area (Å²) >= 11 is 0. The van der Waals surface area contributed by atoms with Gasteiger partial charge in [0.15, 0.2) is 0 Å². The van der Waals surface area contributed by atoms with E-state index in [2.05, 4.69) is 22.1 Å². The Morgan fingerprint density at radius 2 is 2.05 bits per heavy atom. The van der Waals surface area contributed by atoms with Gasteiger partial charge in [0.2, 0.25) is 11.8 Å². The first-order valence-corrected chi connectivity index (χ1v) is 6.39. The van der Waals surface area contributed by atoms with E-state index in [0.29, 0.717) is 5.89 Å². The van der Waals surface area contributed by atoms with Gasteiger partial charge in [0, 0.05) is 24.0 Å². The molecule has 0 spiro atoms. The van der Waals surface area contributed by atoms with Crippen molar-refractivity contribution in [1.82, 2.24) is 15.2 Å². The molecule has 0 saturated heterocycles. The molecule has 0 amide bonds. The second kappa shape index (κ2) is 6.40. The average Bonchev–Trinajstić information content (AvgIpc) is 2.94. The Kier molecular flexibility index (Phi) is 4.59. The van der Waals surface area contributed by atoms with Gasteiger partial charge in [-0.25, -0.2) is 0 Å². The second-order valence-corrected chi connectivity index (χ2v) is 4.43. The van der Waals surface area contributed by atoms with Crippen LogP contribution in [0.15, 0.2) is 28.9 Å². The first-order chi connectivity index (χ1) is 9.22. The van der Waals surface area contributed by atoms with Crippen molar-refractivity contribution in [3.8, 4) is 11.5 Å². The van der Waals surface area contributed by atoms with Crippen LogP contribution >= 0.6 is 0 Å². The SMILES string of the molecule is CCCCC(N)C(O)c1nnc(-c2ccncc2)o1. The maximum absolute atomic E-state index is 10.0. The molecule has 0 bridgehead atoms. The van der Waals surface area contributed by atoms with Gasteiger partial charge >= 0.3 is 0 Å². The minimum atomic E-state index is -0.922. The summed E-state index contributed by atoms with van der Waals surface area (Å²) in [7, 11) is 0. The summed E-state index contributed by atoms with van der Waals surface area (Å²) in [4.78, 5) is 3.92. The van der Waals surface area contributed by atoms with Crippen molar-refractivity contribution < 1.29 is 9.52 Å². The standard InChI is InChI=1S/C13H18N4O2/c1-2-3-4-10(14)11(18)13-17-16-12(19-13)9-5-7-15-8-6-9/h5-8,10-11,18H,2-4,14H2,1H3. The minimum Gasteiger partial charge on any atom is -0.418 e. The van der Waals surface area contributed by atoms with Crippen LogP contribution in [-0.4, -0.2) is 26.3 Å². The lowest BCUT2D eigenvalue weighted by atomic mass is 10.1. The van der Waals surface area contributed by atoms with E-state index in [1.807, 2.05) is 0 Å². The molecule has 3 N–H and O–H groups in total. The molecule has 0 saturated carbocycles. The van der Waals surface area contributed by atoms with Crippen LogP contribution in [0.3, 0.4) is 0 Å². The molecule has 0 radical (unpaired) electrons. The number of aliphatic hydroxyl groups excluding tert-OH is 1. The summed E-state index contributed by atoms with van der Waals surface area (Å²) in [6, 6.07) is 3.15. The molecule has 0 aromatic carbocycles. The number of hydrogen-bond acceptors (Lipinski definition) is 6. The fourth-order valence-corrected chi connectivity index (χ4v) is 1.75. The highest BCUT2D eigenvalue weighted by atomic mass is 16.4. The number of hydrogen-bond donors (Lipinski definition) is 2. The van der Waals surface area contributed by atoms with E-state index in [1.165, 1.54) is 0 Å². The molecule has 2 aromatic heterocycles. The van der Waals surface area contributed by atoms with Crippen LogP contribution in [0.2, 0.25) is 0 Å². The monoisotopic (exact) mass is 262 g/mol. The topological polar surface area (TPSA) is 98.1 Å². The Balaban J connectivity index is 2.08. The van der Waals surface area contributed by atoms with Crippen molar-refractivity contribution in [2.75, 3.05) is 0 Å². The molecule has 6 heteroatoms. The average molecular weight is 262 g/mol. The molecular formula is C13H18N4O2. The van der Waals surface area contributed by atoms with E-state index >= 15 is 0 Å². The van der Waals surface area contributed by atoms with Gasteiger partial charge in [-0.05, 0) is 18.6 Å². The Labute approximate surface area is 111 Å². The molecular weight excluding hydrogens is 244 g/mol. The Morgan fingerprint density at radius 3 is 2.74 bits per heavy atom. The number of aromatic nitrogens is 3. The quantitative estimate of drug-likeness (QED) is 0.822. The van der Waals surface area contributed by atoms with Crippen LogP contribution in [-0.2, 0) is 0 Å². The molecule has 102 valence electrons. The van der Waals surface area contributed by atoms with Gasteiger partial charge in [-0.2, -0.15) is 0 Å². The molecule has 2 atom stereocenters. The second-order valence-electron chi connectivity index (χ2n) is 4.43. The first kappa shape index (κ1) is 13.6. The number of nitrogens with two attached hydrogens (primary N) is 1. The molecule has 2 unspecified atom stereocenters. The van der Waals surface area contributed by atoms with Gasteiger partial charge in [0.25, 0.3) is 0 Å². The zero-order valence-corrected chi connectivity index (χ0v) is 10.9. The fourth-order valence-electron chi connectivity index (χ4n) is 1.75. The zero-order chi connectivity index (χ0) is 13.7. The van der Waals surface area contributed by atoms with Gasteiger partial charge < -0.3 is 15.3 Å². The van der Waals surface area contributed by atoms with Gasteiger partial charge in [0.05, 0.1) is 0 Å². The maximum atomic E-state index is 10.0. The van der Waals surface area contributed by atoms with Crippen molar-refractivity contribution in [3.63, 3.8) is 0 Å². The highest BCUT2D eigenvalue weighted by molar-refractivity contribution is 5.50. The highest BCUT2D eigenvalue weighted by Crippen LogP contribution is 2.22. The predicted octanol–water partition coefficient (Wildman–Crippen LogP) is 1.68. The van der Waals surface area contributed by atoms with Crippen LogP contribution in [0.5, 0.6) is 0 Å². The predicted molar refractivity (Wildman–Crippen MR) is 70.0 cm³/mol. The van der Waals surface area contributed by atoms with Crippen LogP contribution in [0.25, 0.3) is 11.5 Å². The van der Waals surface area contributed by atoms with E-state index in [1.54, 1.807) is 24.5 Å².